The average Bonchev–Trinajstić information content (AvgIpc) is 3.24. The van der Waals surface area contributed by atoms with Crippen LogP contribution in [0.25, 0.3) is 22.0 Å². The second-order valence-corrected chi connectivity index (χ2v) is 7.08. The van der Waals surface area contributed by atoms with Gasteiger partial charge in [-0.25, -0.2) is 5.43 Å². The quantitative estimate of drug-likeness (QED) is 0.296. The molecule has 1 heterocycles. The van der Waals surface area contributed by atoms with Crippen molar-refractivity contribution in [3.05, 3.63) is 84.1 Å². The minimum atomic E-state index is -0.337. The number of carbonyl (C=O) groups excluding carboxylic acids is 1. The Bertz CT molecular complexity index is 1150. The molecular weight excluding hydrogens is 368 g/mol. The Morgan fingerprint density at radius 2 is 1.82 bits per heavy atom. The molecule has 0 bridgehead atoms. The van der Waals surface area contributed by atoms with E-state index < -0.39 is 0 Å². The summed E-state index contributed by atoms with van der Waals surface area (Å²) in [5, 5.41) is 13.4. The van der Waals surface area contributed by atoms with E-state index in [0.29, 0.717) is 11.4 Å². The SMILES string of the molecule is CSc1ccc(/C=N\NC(=O)c2cc(-c3ccc4ccccc4c3)n[nH]2)cc1. The molecule has 0 radical (unpaired) electrons. The number of hydrogen-bond donors (Lipinski definition) is 2. The standard InChI is InChI=1S/C22H18N4OS/c1-28-19-10-6-15(7-11-19)14-23-26-22(27)21-13-20(24-25-21)18-9-8-16-4-2-3-5-17(16)12-18/h2-14H,1H3,(H,24,25)(H,26,27)/b23-14-. The number of aromatic amines is 1. The lowest BCUT2D eigenvalue weighted by Crippen LogP contribution is -2.17. The highest BCUT2D eigenvalue weighted by Crippen LogP contribution is 2.23. The molecule has 0 unspecified atom stereocenters. The van der Waals surface area contributed by atoms with Gasteiger partial charge in [0.2, 0.25) is 0 Å². The van der Waals surface area contributed by atoms with Gasteiger partial charge in [0.15, 0.2) is 0 Å². The predicted molar refractivity (Wildman–Crippen MR) is 115 cm³/mol. The lowest BCUT2D eigenvalue weighted by atomic mass is 10.1. The van der Waals surface area contributed by atoms with E-state index in [-0.39, 0.29) is 5.91 Å². The van der Waals surface area contributed by atoms with Gasteiger partial charge in [-0.1, -0.05) is 48.5 Å². The van der Waals surface area contributed by atoms with Crippen LogP contribution in [0.1, 0.15) is 16.1 Å². The van der Waals surface area contributed by atoms with E-state index in [1.54, 1.807) is 24.0 Å². The molecule has 0 atom stereocenters. The van der Waals surface area contributed by atoms with Crippen LogP contribution in [0.3, 0.4) is 0 Å². The van der Waals surface area contributed by atoms with E-state index in [4.69, 9.17) is 0 Å². The minimum Gasteiger partial charge on any atom is -0.272 e. The summed E-state index contributed by atoms with van der Waals surface area (Å²) in [6.07, 6.45) is 3.64. The van der Waals surface area contributed by atoms with Crippen LogP contribution in [-0.4, -0.2) is 28.6 Å². The van der Waals surface area contributed by atoms with Crippen molar-refractivity contribution >= 4 is 34.7 Å². The number of amides is 1. The number of H-pyrrole nitrogens is 1. The van der Waals surface area contributed by atoms with E-state index in [1.165, 1.54) is 10.3 Å². The van der Waals surface area contributed by atoms with Crippen molar-refractivity contribution in [2.24, 2.45) is 5.10 Å². The van der Waals surface area contributed by atoms with Gasteiger partial charge in [0, 0.05) is 10.5 Å². The number of hydrazone groups is 1. The van der Waals surface area contributed by atoms with E-state index >= 15 is 0 Å². The first-order chi connectivity index (χ1) is 13.7. The molecular formula is C22H18N4OS. The summed E-state index contributed by atoms with van der Waals surface area (Å²) >= 11 is 1.68. The summed E-state index contributed by atoms with van der Waals surface area (Å²) in [7, 11) is 0. The topological polar surface area (TPSA) is 70.1 Å². The third kappa shape index (κ3) is 3.97. The molecule has 4 rings (SSSR count). The van der Waals surface area contributed by atoms with Crippen molar-refractivity contribution < 1.29 is 4.79 Å². The predicted octanol–water partition coefficient (Wildman–Crippen LogP) is 4.72. The van der Waals surface area contributed by atoms with Gasteiger partial charge in [-0.2, -0.15) is 10.2 Å². The van der Waals surface area contributed by atoms with Gasteiger partial charge in [-0.05, 0) is 46.9 Å². The van der Waals surface area contributed by atoms with Crippen molar-refractivity contribution in [3.63, 3.8) is 0 Å². The Labute approximate surface area is 166 Å². The maximum atomic E-state index is 12.3. The lowest BCUT2D eigenvalue weighted by Gasteiger charge is -2.00. The molecule has 0 aliphatic rings. The Kier molecular flexibility index (Phi) is 5.21. The second kappa shape index (κ2) is 8.10. The number of thioether (sulfide) groups is 1. The zero-order chi connectivity index (χ0) is 19.3. The van der Waals surface area contributed by atoms with E-state index in [1.807, 2.05) is 54.8 Å². The minimum absolute atomic E-state index is 0.337. The van der Waals surface area contributed by atoms with Crippen molar-refractivity contribution in [2.45, 2.75) is 4.90 Å². The van der Waals surface area contributed by atoms with Crippen LogP contribution >= 0.6 is 11.8 Å². The first-order valence-corrected chi connectivity index (χ1v) is 9.97. The van der Waals surface area contributed by atoms with Gasteiger partial charge in [0.1, 0.15) is 5.69 Å². The zero-order valence-corrected chi connectivity index (χ0v) is 16.0. The molecule has 0 aliphatic heterocycles. The Hall–Kier alpha value is -3.38. The van der Waals surface area contributed by atoms with Crippen molar-refractivity contribution in [1.82, 2.24) is 15.6 Å². The molecule has 1 aromatic heterocycles. The van der Waals surface area contributed by atoms with E-state index in [0.717, 1.165) is 16.5 Å². The first-order valence-electron chi connectivity index (χ1n) is 8.75. The second-order valence-electron chi connectivity index (χ2n) is 6.20. The zero-order valence-electron chi connectivity index (χ0n) is 15.2. The van der Waals surface area contributed by atoms with Gasteiger partial charge in [0.25, 0.3) is 5.91 Å². The molecule has 0 fully saturated rings. The van der Waals surface area contributed by atoms with Crippen LogP contribution < -0.4 is 5.43 Å². The highest BCUT2D eigenvalue weighted by Gasteiger charge is 2.10. The molecule has 0 saturated carbocycles. The summed E-state index contributed by atoms with van der Waals surface area (Å²) < 4.78 is 0. The normalized spacial score (nSPS) is 11.2. The van der Waals surface area contributed by atoms with Crippen LogP contribution in [-0.2, 0) is 0 Å². The summed E-state index contributed by atoms with van der Waals surface area (Å²) in [6.45, 7) is 0. The monoisotopic (exact) mass is 386 g/mol. The number of nitrogens with zero attached hydrogens (tertiary/aromatic N) is 2. The molecule has 0 saturated heterocycles. The fourth-order valence-corrected chi connectivity index (χ4v) is 3.26. The maximum absolute atomic E-state index is 12.3. The smallest absolute Gasteiger partial charge is 0.272 e. The Morgan fingerprint density at radius 3 is 2.61 bits per heavy atom. The fourth-order valence-electron chi connectivity index (χ4n) is 2.85. The number of nitrogens with one attached hydrogen (secondary N) is 2. The molecule has 1 amide bonds. The van der Waals surface area contributed by atoms with Crippen molar-refractivity contribution in [2.75, 3.05) is 6.26 Å². The molecule has 138 valence electrons. The average molecular weight is 386 g/mol. The Balaban J connectivity index is 1.45. The van der Waals surface area contributed by atoms with Crippen LogP contribution in [0.15, 0.2) is 82.8 Å². The van der Waals surface area contributed by atoms with Crippen LogP contribution in [0.5, 0.6) is 0 Å². The first kappa shape index (κ1) is 18.0. The maximum Gasteiger partial charge on any atom is 0.289 e. The van der Waals surface area contributed by atoms with Crippen molar-refractivity contribution in [1.29, 1.82) is 0 Å². The summed E-state index contributed by atoms with van der Waals surface area (Å²) in [5.41, 5.74) is 5.47. The summed E-state index contributed by atoms with van der Waals surface area (Å²) in [4.78, 5) is 13.5. The third-order valence-electron chi connectivity index (χ3n) is 4.36. The number of hydrogen-bond acceptors (Lipinski definition) is 4. The van der Waals surface area contributed by atoms with Crippen molar-refractivity contribution in [3.8, 4) is 11.3 Å². The fraction of sp³-hybridized carbons (Fsp3) is 0.0455. The molecule has 28 heavy (non-hydrogen) atoms. The van der Waals surface area contributed by atoms with Gasteiger partial charge < -0.3 is 0 Å². The summed E-state index contributed by atoms with van der Waals surface area (Å²) in [6, 6.07) is 23.9. The highest BCUT2D eigenvalue weighted by atomic mass is 32.2. The Morgan fingerprint density at radius 1 is 1.04 bits per heavy atom. The molecule has 4 aromatic rings. The molecule has 5 nitrogen and oxygen atoms in total. The molecule has 0 spiro atoms. The van der Waals surface area contributed by atoms with Gasteiger partial charge in [0.05, 0.1) is 11.9 Å². The molecule has 2 N–H and O–H groups in total. The molecule has 6 heteroatoms. The van der Waals surface area contributed by atoms with Gasteiger partial charge in [-0.15, -0.1) is 11.8 Å². The van der Waals surface area contributed by atoms with Gasteiger partial charge in [-0.3, -0.25) is 9.89 Å². The van der Waals surface area contributed by atoms with Gasteiger partial charge >= 0.3 is 0 Å². The lowest BCUT2D eigenvalue weighted by molar-refractivity contribution is 0.0950. The number of fused-ring (bicyclic) bond motifs is 1. The van der Waals surface area contributed by atoms with Crippen LogP contribution in [0.4, 0.5) is 0 Å². The molecule has 3 aromatic carbocycles. The van der Waals surface area contributed by atoms with E-state index in [2.05, 4.69) is 38.9 Å². The highest BCUT2D eigenvalue weighted by molar-refractivity contribution is 7.98. The summed E-state index contributed by atoms with van der Waals surface area (Å²) in [5.74, 6) is -0.337. The number of rotatable bonds is 5. The van der Waals surface area contributed by atoms with Crippen LogP contribution in [0.2, 0.25) is 0 Å². The third-order valence-corrected chi connectivity index (χ3v) is 5.11. The largest absolute Gasteiger partial charge is 0.289 e. The molecule has 0 aliphatic carbocycles. The van der Waals surface area contributed by atoms with E-state index in [9.17, 15) is 4.79 Å². The number of benzene rings is 3. The van der Waals surface area contributed by atoms with Crippen LogP contribution in [0, 0.1) is 0 Å². The number of carbonyl (C=O) groups is 1. The number of aromatic nitrogens is 2.